The second kappa shape index (κ2) is 5.88. The van der Waals surface area contributed by atoms with E-state index in [1.54, 1.807) is 6.07 Å². The van der Waals surface area contributed by atoms with Crippen molar-refractivity contribution in [1.29, 1.82) is 0 Å². The van der Waals surface area contributed by atoms with Gasteiger partial charge in [-0.3, -0.25) is 0 Å². The van der Waals surface area contributed by atoms with Crippen LogP contribution in [-0.4, -0.2) is 19.4 Å². The van der Waals surface area contributed by atoms with Crippen molar-refractivity contribution in [2.75, 3.05) is 5.73 Å². The van der Waals surface area contributed by atoms with Crippen LogP contribution in [0.2, 0.25) is 0 Å². The van der Waals surface area contributed by atoms with Crippen LogP contribution in [0.15, 0.2) is 23.2 Å². The van der Waals surface area contributed by atoms with Crippen LogP contribution in [-0.2, 0) is 10.0 Å². The fourth-order valence-corrected chi connectivity index (χ4v) is 4.02. The van der Waals surface area contributed by atoms with Gasteiger partial charge in [0, 0.05) is 12.2 Å². The molecular weight excluding hydrogens is 262 g/mol. The van der Waals surface area contributed by atoms with Crippen LogP contribution in [0, 0.1) is 5.92 Å². The van der Waals surface area contributed by atoms with E-state index in [-0.39, 0.29) is 16.8 Å². The van der Waals surface area contributed by atoms with Gasteiger partial charge in [-0.15, -0.1) is 0 Å². The predicted octanol–water partition coefficient (Wildman–Crippen LogP) is 1.91. The number of hydrogen-bond acceptors (Lipinski definition) is 4. The lowest BCUT2D eigenvalue weighted by atomic mass is 9.98. The summed E-state index contributed by atoms with van der Waals surface area (Å²) in [6.45, 7) is 2.10. The molecule has 1 aliphatic rings. The number of nitrogens with zero attached hydrogens (tertiary/aromatic N) is 1. The molecule has 1 heterocycles. The van der Waals surface area contributed by atoms with Crippen molar-refractivity contribution in [3.05, 3.63) is 18.3 Å². The largest absolute Gasteiger partial charge is 0.383 e. The monoisotopic (exact) mass is 283 g/mol. The number of nitrogens with one attached hydrogen (secondary N) is 1. The van der Waals surface area contributed by atoms with Crippen molar-refractivity contribution >= 4 is 15.8 Å². The SMILES string of the molecule is CC1CCCCCC1NS(=O)(=O)c1cccnc1N. The molecule has 0 amide bonds. The van der Waals surface area contributed by atoms with Gasteiger partial charge in [0.2, 0.25) is 10.0 Å². The molecule has 1 aliphatic carbocycles. The van der Waals surface area contributed by atoms with Gasteiger partial charge in [-0.05, 0) is 30.9 Å². The van der Waals surface area contributed by atoms with Crippen LogP contribution in [0.1, 0.15) is 39.0 Å². The molecule has 2 rings (SSSR count). The van der Waals surface area contributed by atoms with Gasteiger partial charge in [-0.1, -0.05) is 26.2 Å². The Morgan fingerprint density at radius 3 is 2.79 bits per heavy atom. The van der Waals surface area contributed by atoms with E-state index in [1.165, 1.54) is 25.1 Å². The Kier molecular flexibility index (Phi) is 4.42. The average molecular weight is 283 g/mol. The molecule has 5 nitrogen and oxygen atoms in total. The van der Waals surface area contributed by atoms with Crippen molar-refractivity contribution in [3.8, 4) is 0 Å². The molecule has 106 valence electrons. The van der Waals surface area contributed by atoms with Gasteiger partial charge in [0.1, 0.15) is 10.7 Å². The maximum absolute atomic E-state index is 12.3. The summed E-state index contributed by atoms with van der Waals surface area (Å²) in [5.41, 5.74) is 5.65. The summed E-state index contributed by atoms with van der Waals surface area (Å²) >= 11 is 0. The topological polar surface area (TPSA) is 85.1 Å². The first-order valence-electron chi connectivity index (χ1n) is 6.73. The van der Waals surface area contributed by atoms with E-state index in [0.29, 0.717) is 5.92 Å². The average Bonchev–Trinajstić information content (AvgIpc) is 2.55. The molecule has 19 heavy (non-hydrogen) atoms. The number of anilines is 1. The zero-order chi connectivity index (χ0) is 13.9. The number of nitrogens with two attached hydrogens (primary N) is 1. The van der Waals surface area contributed by atoms with E-state index in [2.05, 4.69) is 16.6 Å². The summed E-state index contributed by atoms with van der Waals surface area (Å²) in [4.78, 5) is 3.91. The fraction of sp³-hybridized carbons (Fsp3) is 0.615. The molecule has 1 fully saturated rings. The highest BCUT2D eigenvalue weighted by molar-refractivity contribution is 7.89. The van der Waals surface area contributed by atoms with E-state index in [4.69, 9.17) is 5.73 Å². The minimum absolute atomic E-state index is 0.00731. The van der Waals surface area contributed by atoms with Gasteiger partial charge >= 0.3 is 0 Å². The van der Waals surface area contributed by atoms with E-state index >= 15 is 0 Å². The summed E-state index contributed by atoms with van der Waals surface area (Å²) in [5.74, 6) is 0.409. The summed E-state index contributed by atoms with van der Waals surface area (Å²) in [7, 11) is -3.58. The van der Waals surface area contributed by atoms with Crippen LogP contribution in [0.5, 0.6) is 0 Å². The Balaban J connectivity index is 2.19. The molecule has 0 spiro atoms. The first-order valence-corrected chi connectivity index (χ1v) is 8.22. The Hall–Kier alpha value is -1.14. The van der Waals surface area contributed by atoms with Gasteiger partial charge in [0.25, 0.3) is 0 Å². The molecule has 1 saturated carbocycles. The standard InChI is InChI=1S/C13H21N3O2S/c1-10-6-3-2-4-7-11(10)16-19(17,18)12-8-5-9-15-13(12)14/h5,8-11,16H,2-4,6-7H2,1H3,(H2,14,15). The third-order valence-electron chi connectivity index (χ3n) is 3.76. The summed E-state index contributed by atoms with van der Waals surface area (Å²) in [6, 6.07) is 3.07. The van der Waals surface area contributed by atoms with Crippen molar-refractivity contribution in [1.82, 2.24) is 9.71 Å². The second-order valence-electron chi connectivity index (χ2n) is 5.23. The zero-order valence-electron chi connectivity index (χ0n) is 11.2. The van der Waals surface area contributed by atoms with Crippen LogP contribution in [0.3, 0.4) is 0 Å². The molecular formula is C13H21N3O2S. The molecule has 2 unspecified atom stereocenters. The normalized spacial score (nSPS) is 24.9. The smallest absolute Gasteiger partial charge is 0.244 e. The number of aromatic nitrogens is 1. The first kappa shape index (κ1) is 14.3. The van der Waals surface area contributed by atoms with Gasteiger partial charge in [0.15, 0.2) is 0 Å². The molecule has 0 aromatic carbocycles. The van der Waals surface area contributed by atoms with Crippen LogP contribution in [0.25, 0.3) is 0 Å². The van der Waals surface area contributed by atoms with E-state index in [0.717, 1.165) is 19.3 Å². The lowest BCUT2D eigenvalue weighted by Gasteiger charge is -2.22. The Labute approximate surface area is 114 Å². The van der Waals surface area contributed by atoms with E-state index in [1.807, 2.05) is 0 Å². The number of rotatable bonds is 3. The van der Waals surface area contributed by atoms with Crippen LogP contribution < -0.4 is 10.5 Å². The first-order chi connectivity index (χ1) is 9.00. The summed E-state index contributed by atoms with van der Waals surface area (Å²) in [6.07, 6.45) is 6.87. The molecule has 6 heteroatoms. The minimum Gasteiger partial charge on any atom is -0.383 e. The number of nitrogen functional groups attached to an aromatic ring is 1. The van der Waals surface area contributed by atoms with Crippen LogP contribution in [0.4, 0.5) is 5.82 Å². The fourth-order valence-electron chi connectivity index (χ4n) is 2.56. The Morgan fingerprint density at radius 1 is 1.32 bits per heavy atom. The molecule has 0 radical (unpaired) electrons. The van der Waals surface area contributed by atoms with Gasteiger partial charge in [0.05, 0.1) is 0 Å². The van der Waals surface area contributed by atoms with Crippen molar-refractivity contribution in [2.45, 2.75) is 50.0 Å². The van der Waals surface area contributed by atoms with E-state index < -0.39 is 10.0 Å². The number of hydrogen-bond donors (Lipinski definition) is 2. The summed E-state index contributed by atoms with van der Waals surface area (Å²) in [5, 5.41) is 0. The zero-order valence-corrected chi connectivity index (χ0v) is 12.0. The lowest BCUT2D eigenvalue weighted by molar-refractivity contribution is 0.399. The van der Waals surface area contributed by atoms with Crippen molar-refractivity contribution < 1.29 is 8.42 Å². The third-order valence-corrected chi connectivity index (χ3v) is 5.29. The molecule has 0 saturated heterocycles. The number of sulfonamides is 1. The predicted molar refractivity (Wildman–Crippen MR) is 75.0 cm³/mol. The maximum atomic E-state index is 12.3. The molecule has 2 atom stereocenters. The highest BCUT2D eigenvalue weighted by atomic mass is 32.2. The highest BCUT2D eigenvalue weighted by Crippen LogP contribution is 2.25. The maximum Gasteiger partial charge on any atom is 0.244 e. The Bertz CT molecular complexity index is 530. The van der Waals surface area contributed by atoms with Gasteiger partial charge < -0.3 is 5.73 Å². The van der Waals surface area contributed by atoms with Crippen LogP contribution >= 0.6 is 0 Å². The van der Waals surface area contributed by atoms with Crippen molar-refractivity contribution in [2.24, 2.45) is 5.92 Å². The second-order valence-corrected chi connectivity index (χ2v) is 6.91. The molecule has 0 bridgehead atoms. The molecule has 0 aliphatic heterocycles. The quantitative estimate of drug-likeness (QED) is 0.830. The lowest BCUT2D eigenvalue weighted by Crippen LogP contribution is -2.39. The Morgan fingerprint density at radius 2 is 2.05 bits per heavy atom. The van der Waals surface area contributed by atoms with E-state index in [9.17, 15) is 8.42 Å². The van der Waals surface area contributed by atoms with Gasteiger partial charge in [-0.2, -0.15) is 0 Å². The van der Waals surface area contributed by atoms with Gasteiger partial charge in [-0.25, -0.2) is 18.1 Å². The number of pyridine rings is 1. The molecule has 1 aromatic heterocycles. The third kappa shape index (κ3) is 3.45. The molecule has 3 N–H and O–H groups in total. The summed E-state index contributed by atoms with van der Waals surface area (Å²) < 4.78 is 27.5. The van der Waals surface area contributed by atoms with Crippen molar-refractivity contribution in [3.63, 3.8) is 0 Å². The molecule has 1 aromatic rings. The highest BCUT2D eigenvalue weighted by Gasteiger charge is 2.27. The minimum atomic E-state index is -3.58.